The predicted molar refractivity (Wildman–Crippen MR) is 74.8 cm³/mol. The number of likely N-dealkylation sites (tertiary alicyclic amines) is 1. The molecule has 0 spiro atoms. The van der Waals surface area contributed by atoms with E-state index in [1.54, 1.807) is 4.90 Å². The minimum absolute atomic E-state index is 0.00871. The van der Waals surface area contributed by atoms with Gasteiger partial charge in [0.2, 0.25) is 17.7 Å². The summed E-state index contributed by atoms with van der Waals surface area (Å²) in [6.45, 7) is 4.66. The summed E-state index contributed by atoms with van der Waals surface area (Å²) < 4.78 is 11.4. The van der Waals surface area contributed by atoms with Crippen molar-refractivity contribution in [3.05, 3.63) is 0 Å². The highest BCUT2D eigenvalue weighted by molar-refractivity contribution is 5.84. The zero-order chi connectivity index (χ0) is 15.9. The third-order valence-corrected chi connectivity index (χ3v) is 4.47. The number of ether oxygens (including phenoxy) is 2. The summed E-state index contributed by atoms with van der Waals surface area (Å²) in [7, 11) is 0. The van der Waals surface area contributed by atoms with Crippen molar-refractivity contribution in [3.8, 4) is 0 Å². The van der Waals surface area contributed by atoms with Crippen LogP contribution in [0, 0.1) is 5.92 Å². The molecule has 3 fully saturated rings. The highest BCUT2D eigenvalue weighted by Crippen LogP contribution is 2.27. The third kappa shape index (κ3) is 2.80. The maximum Gasteiger partial charge on any atom is 0.227 e. The van der Waals surface area contributed by atoms with E-state index in [1.807, 2.05) is 0 Å². The second-order valence-corrected chi connectivity index (χ2v) is 6.14. The van der Waals surface area contributed by atoms with Crippen LogP contribution in [-0.4, -0.2) is 73.2 Å². The fraction of sp³-hybridized carbons (Fsp3) is 0.786. The molecule has 3 aliphatic rings. The van der Waals surface area contributed by atoms with Crippen LogP contribution in [0.5, 0.6) is 0 Å². The van der Waals surface area contributed by atoms with Crippen molar-refractivity contribution < 1.29 is 23.9 Å². The number of hydrogen-bond donors (Lipinski definition) is 2. The van der Waals surface area contributed by atoms with Gasteiger partial charge in [0.15, 0.2) is 0 Å². The normalized spacial score (nSPS) is 34.0. The number of hydrogen-bond acceptors (Lipinski definition) is 5. The Labute approximate surface area is 128 Å². The van der Waals surface area contributed by atoms with Crippen LogP contribution in [-0.2, 0) is 23.9 Å². The first-order chi connectivity index (χ1) is 10.5. The van der Waals surface area contributed by atoms with Gasteiger partial charge in [-0.1, -0.05) is 0 Å². The predicted octanol–water partition coefficient (Wildman–Crippen LogP) is -1.75. The molecule has 0 aromatic rings. The topological polar surface area (TPSA) is 97.0 Å². The molecule has 3 rings (SSSR count). The molecular weight excluding hydrogens is 290 g/mol. The summed E-state index contributed by atoms with van der Waals surface area (Å²) >= 11 is 0. The van der Waals surface area contributed by atoms with Crippen molar-refractivity contribution in [2.75, 3.05) is 26.3 Å². The minimum atomic E-state index is -0.232. The molecule has 8 heteroatoms. The first-order valence-electron chi connectivity index (χ1n) is 7.52. The summed E-state index contributed by atoms with van der Waals surface area (Å²) in [5.74, 6) is -0.358. The second kappa shape index (κ2) is 5.85. The summed E-state index contributed by atoms with van der Waals surface area (Å²) in [6.07, 6.45) is -0.450. The molecule has 0 unspecified atom stereocenters. The summed E-state index contributed by atoms with van der Waals surface area (Å²) in [6, 6.07) is -0.371. The van der Waals surface area contributed by atoms with Gasteiger partial charge in [-0.2, -0.15) is 0 Å². The Morgan fingerprint density at radius 1 is 0.955 bits per heavy atom. The van der Waals surface area contributed by atoms with Crippen molar-refractivity contribution in [2.24, 2.45) is 5.92 Å². The Morgan fingerprint density at radius 3 is 2.00 bits per heavy atom. The second-order valence-electron chi connectivity index (χ2n) is 6.14. The monoisotopic (exact) mass is 311 g/mol. The molecule has 3 heterocycles. The largest absolute Gasteiger partial charge is 0.371 e. The van der Waals surface area contributed by atoms with Gasteiger partial charge < -0.3 is 25.0 Å². The average molecular weight is 311 g/mol. The van der Waals surface area contributed by atoms with Crippen molar-refractivity contribution in [1.29, 1.82) is 0 Å². The van der Waals surface area contributed by atoms with Crippen molar-refractivity contribution in [2.45, 2.75) is 38.1 Å². The SMILES string of the molecule is CC(=O)N[C@H]1CO[C@H]2[C@@H]1OC[C@@H]2NC(=O)C1CN(C(C)=O)C1. The molecule has 3 aliphatic heterocycles. The van der Waals surface area contributed by atoms with E-state index in [0.29, 0.717) is 26.3 Å². The van der Waals surface area contributed by atoms with Crippen LogP contribution in [0.4, 0.5) is 0 Å². The number of carbonyl (C=O) groups is 3. The number of amides is 3. The Balaban J connectivity index is 1.50. The Bertz CT molecular complexity index is 491. The lowest BCUT2D eigenvalue weighted by atomic mass is 9.98. The van der Waals surface area contributed by atoms with Crippen LogP contribution >= 0.6 is 0 Å². The zero-order valence-corrected chi connectivity index (χ0v) is 12.7. The van der Waals surface area contributed by atoms with Gasteiger partial charge in [-0.3, -0.25) is 14.4 Å². The average Bonchev–Trinajstić information content (AvgIpc) is 2.91. The first-order valence-corrected chi connectivity index (χ1v) is 7.52. The minimum Gasteiger partial charge on any atom is -0.371 e. The van der Waals surface area contributed by atoms with Gasteiger partial charge in [-0.05, 0) is 0 Å². The number of nitrogens with one attached hydrogen (secondary N) is 2. The molecule has 0 aromatic heterocycles. The molecular formula is C14H21N3O5. The molecule has 3 amide bonds. The molecule has 0 aliphatic carbocycles. The van der Waals surface area contributed by atoms with Crippen molar-refractivity contribution in [3.63, 3.8) is 0 Å². The molecule has 122 valence electrons. The fourth-order valence-corrected chi connectivity index (χ4v) is 3.21. The van der Waals surface area contributed by atoms with E-state index in [1.165, 1.54) is 13.8 Å². The molecule has 22 heavy (non-hydrogen) atoms. The fourth-order valence-electron chi connectivity index (χ4n) is 3.21. The van der Waals surface area contributed by atoms with E-state index in [4.69, 9.17) is 9.47 Å². The standard InChI is InChI=1S/C14H21N3O5/c1-7(18)15-10-5-21-13-11(6-22-12(10)13)16-14(20)9-3-17(4-9)8(2)19/h9-13H,3-6H2,1-2H3,(H,15,18)(H,16,20)/t10-,11-,12+,13+/m0/s1. The van der Waals surface area contributed by atoms with Gasteiger partial charge in [0.25, 0.3) is 0 Å². The number of nitrogens with zero attached hydrogens (tertiary/aromatic N) is 1. The third-order valence-electron chi connectivity index (χ3n) is 4.47. The van der Waals surface area contributed by atoms with Gasteiger partial charge >= 0.3 is 0 Å². The van der Waals surface area contributed by atoms with Gasteiger partial charge in [0.1, 0.15) is 12.2 Å². The first kappa shape index (κ1) is 15.2. The van der Waals surface area contributed by atoms with Gasteiger partial charge in [-0.15, -0.1) is 0 Å². The molecule has 2 N–H and O–H groups in total. The lowest BCUT2D eigenvalue weighted by Gasteiger charge is -2.38. The van der Waals surface area contributed by atoms with Crippen LogP contribution in [0.2, 0.25) is 0 Å². The lowest BCUT2D eigenvalue weighted by molar-refractivity contribution is -0.141. The van der Waals surface area contributed by atoms with Crippen LogP contribution in [0.3, 0.4) is 0 Å². The summed E-state index contributed by atoms with van der Waals surface area (Å²) in [5, 5.41) is 5.75. The zero-order valence-electron chi connectivity index (χ0n) is 12.7. The van der Waals surface area contributed by atoms with Crippen molar-refractivity contribution in [1.82, 2.24) is 15.5 Å². The number of carbonyl (C=O) groups excluding carboxylic acids is 3. The van der Waals surface area contributed by atoms with Crippen molar-refractivity contribution >= 4 is 17.7 Å². The number of fused-ring (bicyclic) bond motifs is 1. The Morgan fingerprint density at radius 2 is 1.50 bits per heavy atom. The highest BCUT2D eigenvalue weighted by Gasteiger charge is 2.49. The Hall–Kier alpha value is -1.67. The van der Waals surface area contributed by atoms with E-state index in [0.717, 1.165) is 0 Å². The van der Waals surface area contributed by atoms with Gasteiger partial charge in [0.05, 0.1) is 31.2 Å². The maximum absolute atomic E-state index is 12.2. The molecule has 4 atom stereocenters. The van der Waals surface area contributed by atoms with E-state index >= 15 is 0 Å². The quantitative estimate of drug-likeness (QED) is 0.644. The molecule has 0 aromatic carbocycles. The molecule has 0 saturated carbocycles. The van der Waals surface area contributed by atoms with E-state index in [9.17, 15) is 14.4 Å². The summed E-state index contributed by atoms with van der Waals surface area (Å²) in [5.41, 5.74) is 0. The number of rotatable bonds is 3. The van der Waals surface area contributed by atoms with Crippen LogP contribution in [0.25, 0.3) is 0 Å². The Kier molecular flexibility index (Phi) is 4.05. The van der Waals surface area contributed by atoms with Gasteiger partial charge in [-0.25, -0.2) is 0 Å². The van der Waals surface area contributed by atoms with Crippen LogP contribution in [0.15, 0.2) is 0 Å². The van der Waals surface area contributed by atoms with E-state index in [-0.39, 0.29) is 47.9 Å². The summed E-state index contributed by atoms with van der Waals surface area (Å²) in [4.78, 5) is 36.1. The maximum atomic E-state index is 12.2. The molecule has 0 radical (unpaired) electrons. The van der Waals surface area contributed by atoms with E-state index in [2.05, 4.69) is 10.6 Å². The van der Waals surface area contributed by atoms with Gasteiger partial charge in [0, 0.05) is 26.9 Å². The smallest absolute Gasteiger partial charge is 0.227 e. The lowest BCUT2D eigenvalue weighted by Crippen LogP contribution is -2.57. The molecule has 8 nitrogen and oxygen atoms in total. The molecule has 3 saturated heterocycles. The van der Waals surface area contributed by atoms with Crippen LogP contribution < -0.4 is 10.6 Å². The van der Waals surface area contributed by atoms with E-state index < -0.39 is 0 Å². The highest BCUT2D eigenvalue weighted by atomic mass is 16.6. The molecule has 0 bridgehead atoms. The van der Waals surface area contributed by atoms with Crippen LogP contribution in [0.1, 0.15) is 13.8 Å².